The second kappa shape index (κ2) is 5.81. The highest BCUT2D eigenvalue weighted by molar-refractivity contribution is 5.88. The highest BCUT2D eigenvalue weighted by atomic mass is 19.1. The van der Waals surface area contributed by atoms with Crippen LogP contribution in [0.1, 0.15) is 16.1 Å². The molecule has 110 valence electrons. The molecule has 0 spiro atoms. The molecule has 0 N–H and O–H groups in total. The van der Waals surface area contributed by atoms with Gasteiger partial charge in [0, 0.05) is 6.07 Å². The fourth-order valence-corrected chi connectivity index (χ4v) is 2.05. The summed E-state index contributed by atoms with van der Waals surface area (Å²) in [6.45, 7) is -0.104. The summed E-state index contributed by atoms with van der Waals surface area (Å²) in [6, 6.07) is 13.4. The molecule has 1 aromatic heterocycles. The van der Waals surface area contributed by atoms with Gasteiger partial charge in [0.15, 0.2) is 5.43 Å². The van der Waals surface area contributed by atoms with Crippen molar-refractivity contribution in [2.24, 2.45) is 0 Å². The summed E-state index contributed by atoms with van der Waals surface area (Å²) in [5, 5.41) is 0.393. The molecule has 0 atom stereocenters. The molecular weight excluding hydrogens is 287 g/mol. The number of fused-ring (bicyclic) bond motifs is 1. The van der Waals surface area contributed by atoms with Crippen LogP contribution in [0.3, 0.4) is 0 Å². The largest absolute Gasteiger partial charge is 0.455 e. The summed E-state index contributed by atoms with van der Waals surface area (Å²) < 4.78 is 23.4. The summed E-state index contributed by atoms with van der Waals surface area (Å²) in [4.78, 5) is 23.9. The van der Waals surface area contributed by atoms with Crippen LogP contribution in [-0.4, -0.2) is 5.97 Å². The molecule has 0 aliphatic heterocycles. The summed E-state index contributed by atoms with van der Waals surface area (Å²) >= 11 is 0. The molecule has 0 saturated carbocycles. The van der Waals surface area contributed by atoms with Gasteiger partial charge in [-0.1, -0.05) is 24.3 Å². The number of rotatable bonds is 3. The van der Waals surface area contributed by atoms with Gasteiger partial charge >= 0.3 is 5.97 Å². The maximum absolute atomic E-state index is 13.0. The molecule has 0 aliphatic rings. The predicted octanol–water partition coefficient (Wildman–Crippen LogP) is 3.29. The SMILES string of the molecule is O=C(OCc1cccc(F)c1)c1cc(=O)c2ccccc2o1. The van der Waals surface area contributed by atoms with Crippen LogP contribution in [0.2, 0.25) is 0 Å². The van der Waals surface area contributed by atoms with E-state index < -0.39 is 11.8 Å². The van der Waals surface area contributed by atoms with Gasteiger partial charge in [-0.05, 0) is 29.8 Å². The Morgan fingerprint density at radius 2 is 1.91 bits per heavy atom. The lowest BCUT2D eigenvalue weighted by molar-refractivity contribution is 0.0436. The lowest BCUT2D eigenvalue weighted by Crippen LogP contribution is -2.10. The van der Waals surface area contributed by atoms with Gasteiger partial charge in [0.1, 0.15) is 18.0 Å². The highest BCUT2D eigenvalue weighted by Gasteiger charge is 2.13. The summed E-state index contributed by atoms with van der Waals surface area (Å²) in [6.07, 6.45) is 0. The summed E-state index contributed by atoms with van der Waals surface area (Å²) in [5.41, 5.74) is 0.503. The van der Waals surface area contributed by atoms with Gasteiger partial charge in [0.2, 0.25) is 5.76 Å². The Bertz CT molecular complexity index is 898. The van der Waals surface area contributed by atoms with Crippen LogP contribution in [-0.2, 0) is 11.3 Å². The van der Waals surface area contributed by atoms with Crippen molar-refractivity contribution in [2.75, 3.05) is 0 Å². The van der Waals surface area contributed by atoms with Crippen molar-refractivity contribution in [3.63, 3.8) is 0 Å². The molecule has 3 aromatic rings. The molecule has 0 amide bonds. The molecule has 1 heterocycles. The minimum absolute atomic E-state index is 0.104. The van der Waals surface area contributed by atoms with Crippen molar-refractivity contribution >= 4 is 16.9 Å². The summed E-state index contributed by atoms with van der Waals surface area (Å²) in [7, 11) is 0. The number of carbonyl (C=O) groups is 1. The number of esters is 1. The zero-order chi connectivity index (χ0) is 15.5. The van der Waals surface area contributed by atoms with E-state index in [1.807, 2.05) is 0 Å². The fourth-order valence-electron chi connectivity index (χ4n) is 2.05. The molecule has 3 rings (SSSR count). The first kappa shape index (κ1) is 14.0. The van der Waals surface area contributed by atoms with E-state index in [0.29, 0.717) is 16.5 Å². The fraction of sp³-hybridized carbons (Fsp3) is 0.0588. The van der Waals surface area contributed by atoms with Crippen molar-refractivity contribution in [2.45, 2.75) is 6.61 Å². The van der Waals surface area contributed by atoms with Gasteiger partial charge < -0.3 is 9.15 Å². The predicted molar refractivity (Wildman–Crippen MR) is 78.0 cm³/mol. The Balaban J connectivity index is 1.82. The topological polar surface area (TPSA) is 56.5 Å². The van der Waals surface area contributed by atoms with Gasteiger partial charge in [-0.25, -0.2) is 9.18 Å². The zero-order valence-electron chi connectivity index (χ0n) is 11.4. The molecule has 2 aromatic carbocycles. The minimum Gasteiger partial charge on any atom is -0.455 e. The number of carbonyl (C=O) groups excluding carboxylic acids is 1. The van der Waals surface area contributed by atoms with E-state index in [-0.39, 0.29) is 17.8 Å². The third-order valence-electron chi connectivity index (χ3n) is 3.09. The van der Waals surface area contributed by atoms with Gasteiger partial charge in [0.05, 0.1) is 5.39 Å². The van der Waals surface area contributed by atoms with Gasteiger partial charge in [-0.15, -0.1) is 0 Å². The molecular formula is C17H11FO4. The lowest BCUT2D eigenvalue weighted by Gasteiger charge is -2.05. The van der Waals surface area contributed by atoms with Crippen LogP contribution >= 0.6 is 0 Å². The van der Waals surface area contributed by atoms with Gasteiger partial charge in [0.25, 0.3) is 0 Å². The molecule has 4 nitrogen and oxygen atoms in total. The van der Waals surface area contributed by atoms with Crippen LogP contribution in [0.15, 0.2) is 63.8 Å². The lowest BCUT2D eigenvalue weighted by atomic mass is 10.2. The molecule has 5 heteroatoms. The Morgan fingerprint density at radius 1 is 1.09 bits per heavy atom. The van der Waals surface area contributed by atoms with Crippen molar-refractivity contribution in [3.05, 3.63) is 82.0 Å². The Labute approximate surface area is 124 Å². The molecule has 22 heavy (non-hydrogen) atoms. The quantitative estimate of drug-likeness (QED) is 0.696. The first-order valence-corrected chi connectivity index (χ1v) is 6.58. The van der Waals surface area contributed by atoms with Crippen LogP contribution in [0.5, 0.6) is 0 Å². The standard InChI is InChI=1S/C17H11FO4/c18-12-5-3-4-11(8-12)10-21-17(20)16-9-14(19)13-6-1-2-7-15(13)22-16/h1-9H,10H2. The second-order valence-corrected chi connectivity index (χ2v) is 4.68. The number of ether oxygens (including phenoxy) is 1. The van der Waals surface area contributed by atoms with E-state index in [4.69, 9.17) is 9.15 Å². The maximum Gasteiger partial charge on any atom is 0.374 e. The third kappa shape index (κ3) is 2.88. The number of hydrogen-bond donors (Lipinski definition) is 0. The van der Waals surface area contributed by atoms with Gasteiger partial charge in [-0.2, -0.15) is 0 Å². The number of benzene rings is 2. The number of halogens is 1. The Kier molecular flexibility index (Phi) is 3.70. The Morgan fingerprint density at radius 3 is 2.73 bits per heavy atom. The average Bonchev–Trinajstić information content (AvgIpc) is 2.52. The second-order valence-electron chi connectivity index (χ2n) is 4.68. The van der Waals surface area contributed by atoms with E-state index in [0.717, 1.165) is 6.07 Å². The van der Waals surface area contributed by atoms with Crippen molar-refractivity contribution < 1.29 is 18.3 Å². The van der Waals surface area contributed by atoms with Crippen LogP contribution in [0.25, 0.3) is 11.0 Å². The molecule has 0 aliphatic carbocycles. The minimum atomic E-state index is -0.771. The van der Waals surface area contributed by atoms with Crippen LogP contribution in [0.4, 0.5) is 4.39 Å². The van der Waals surface area contributed by atoms with E-state index in [2.05, 4.69) is 0 Å². The third-order valence-corrected chi connectivity index (χ3v) is 3.09. The van der Waals surface area contributed by atoms with E-state index in [1.165, 1.54) is 18.2 Å². The van der Waals surface area contributed by atoms with Crippen LogP contribution < -0.4 is 5.43 Å². The molecule has 0 fully saturated rings. The molecule has 0 bridgehead atoms. The molecule has 0 radical (unpaired) electrons. The normalized spacial score (nSPS) is 10.6. The number of hydrogen-bond acceptors (Lipinski definition) is 4. The Hall–Kier alpha value is -2.95. The van der Waals surface area contributed by atoms with Crippen molar-refractivity contribution in [1.29, 1.82) is 0 Å². The monoisotopic (exact) mass is 298 g/mol. The van der Waals surface area contributed by atoms with Gasteiger partial charge in [-0.3, -0.25) is 4.79 Å². The smallest absolute Gasteiger partial charge is 0.374 e. The van der Waals surface area contributed by atoms with E-state index in [1.54, 1.807) is 30.3 Å². The first-order valence-electron chi connectivity index (χ1n) is 6.58. The van der Waals surface area contributed by atoms with E-state index in [9.17, 15) is 14.0 Å². The number of para-hydroxylation sites is 1. The van der Waals surface area contributed by atoms with Crippen LogP contribution in [0, 0.1) is 5.82 Å². The zero-order valence-corrected chi connectivity index (χ0v) is 11.4. The highest BCUT2D eigenvalue weighted by Crippen LogP contribution is 2.13. The molecule has 0 saturated heterocycles. The van der Waals surface area contributed by atoms with Crippen molar-refractivity contribution in [1.82, 2.24) is 0 Å². The molecule has 0 unspecified atom stereocenters. The average molecular weight is 298 g/mol. The van der Waals surface area contributed by atoms with E-state index >= 15 is 0 Å². The maximum atomic E-state index is 13.0. The first-order chi connectivity index (χ1) is 10.6. The summed E-state index contributed by atoms with van der Waals surface area (Å²) in [5.74, 6) is -1.36. The van der Waals surface area contributed by atoms with Crippen molar-refractivity contribution in [3.8, 4) is 0 Å².